The molecule has 1 rings (SSSR count). The molecule has 1 unspecified atom stereocenters. The first-order valence-electron chi connectivity index (χ1n) is 6.31. The fraction of sp³-hybridized carbons (Fsp3) is 0.500. The predicted molar refractivity (Wildman–Crippen MR) is 74.4 cm³/mol. The number of aromatic carboxylic acids is 1. The van der Waals surface area contributed by atoms with Crippen molar-refractivity contribution < 1.29 is 14.3 Å². The summed E-state index contributed by atoms with van der Waals surface area (Å²) in [5, 5.41) is 8.82. The SMILES string of the molecule is CCN(c1ccc(C(=O)O)c(F)c1)C(C)CN(C)C. The molecule has 0 aromatic heterocycles. The van der Waals surface area contributed by atoms with Crippen molar-refractivity contribution in [2.45, 2.75) is 19.9 Å². The van der Waals surface area contributed by atoms with Gasteiger partial charge in [0, 0.05) is 24.8 Å². The Labute approximate surface area is 113 Å². The summed E-state index contributed by atoms with van der Waals surface area (Å²) in [5.74, 6) is -1.94. The first kappa shape index (κ1) is 15.4. The Morgan fingerprint density at radius 1 is 1.42 bits per heavy atom. The number of carboxylic acid groups (broad SMARTS) is 1. The standard InChI is InChI=1S/C14H21FN2O2/c1-5-17(10(2)9-16(3)4)11-6-7-12(14(18)19)13(15)8-11/h6-8,10H,5,9H2,1-4H3,(H,18,19). The molecule has 0 heterocycles. The molecular formula is C14H21FN2O2. The van der Waals surface area contributed by atoms with Crippen LogP contribution in [0.4, 0.5) is 10.1 Å². The average Bonchev–Trinajstić information content (AvgIpc) is 2.28. The molecule has 1 aromatic carbocycles. The van der Waals surface area contributed by atoms with Gasteiger partial charge in [-0.2, -0.15) is 0 Å². The fourth-order valence-corrected chi connectivity index (χ4v) is 2.23. The molecule has 0 fully saturated rings. The summed E-state index contributed by atoms with van der Waals surface area (Å²) in [6, 6.07) is 4.48. The van der Waals surface area contributed by atoms with Gasteiger partial charge in [-0.15, -0.1) is 0 Å². The molecule has 0 saturated carbocycles. The number of likely N-dealkylation sites (N-methyl/N-ethyl adjacent to an activating group) is 2. The van der Waals surface area contributed by atoms with Crippen molar-refractivity contribution in [3.63, 3.8) is 0 Å². The van der Waals surface area contributed by atoms with E-state index in [2.05, 4.69) is 16.7 Å². The Hall–Kier alpha value is -1.62. The second-order valence-corrected chi connectivity index (χ2v) is 4.87. The van der Waals surface area contributed by atoms with Crippen molar-refractivity contribution >= 4 is 11.7 Å². The zero-order chi connectivity index (χ0) is 14.6. The molecule has 0 radical (unpaired) electrons. The maximum absolute atomic E-state index is 13.7. The minimum Gasteiger partial charge on any atom is -0.478 e. The Kier molecular flexibility index (Phi) is 5.30. The van der Waals surface area contributed by atoms with Gasteiger partial charge in [0.05, 0.1) is 5.56 Å². The molecule has 0 saturated heterocycles. The zero-order valence-electron chi connectivity index (χ0n) is 11.9. The predicted octanol–water partition coefficient (Wildman–Crippen LogP) is 2.30. The van der Waals surface area contributed by atoms with Crippen LogP contribution in [0.25, 0.3) is 0 Å². The number of carbonyl (C=O) groups is 1. The minimum atomic E-state index is -1.24. The molecule has 5 heteroatoms. The minimum absolute atomic E-state index is 0.218. The highest BCUT2D eigenvalue weighted by Gasteiger charge is 2.17. The Balaban J connectivity index is 2.99. The van der Waals surface area contributed by atoms with Gasteiger partial charge in [0.2, 0.25) is 0 Å². The number of anilines is 1. The summed E-state index contributed by atoms with van der Waals surface area (Å²) in [7, 11) is 3.97. The number of nitrogens with zero attached hydrogens (tertiary/aromatic N) is 2. The number of rotatable bonds is 6. The van der Waals surface area contributed by atoms with E-state index in [0.717, 1.165) is 13.1 Å². The normalized spacial score (nSPS) is 12.5. The van der Waals surface area contributed by atoms with Gasteiger partial charge < -0.3 is 14.9 Å². The van der Waals surface area contributed by atoms with Crippen molar-refractivity contribution in [2.75, 3.05) is 32.1 Å². The molecule has 0 aliphatic carbocycles. The topological polar surface area (TPSA) is 43.8 Å². The van der Waals surface area contributed by atoms with Crippen molar-refractivity contribution in [1.82, 2.24) is 4.90 Å². The molecule has 106 valence electrons. The Morgan fingerprint density at radius 2 is 2.05 bits per heavy atom. The van der Waals surface area contributed by atoms with Gasteiger partial charge in [0.1, 0.15) is 5.82 Å². The summed E-state index contributed by atoms with van der Waals surface area (Å²) >= 11 is 0. The van der Waals surface area contributed by atoms with Crippen molar-refractivity contribution in [1.29, 1.82) is 0 Å². The van der Waals surface area contributed by atoms with Crippen LogP contribution in [0, 0.1) is 5.82 Å². The maximum Gasteiger partial charge on any atom is 0.338 e. The summed E-state index contributed by atoms with van der Waals surface area (Å²) < 4.78 is 13.7. The van der Waals surface area contributed by atoms with Gasteiger partial charge in [-0.1, -0.05) is 0 Å². The van der Waals surface area contributed by atoms with E-state index in [1.54, 1.807) is 6.07 Å². The molecule has 19 heavy (non-hydrogen) atoms. The lowest BCUT2D eigenvalue weighted by Crippen LogP contribution is -2.40. The highest BCUT2D eigenvalue weighted by Crippen LogP contribution is 2.21. The number of halogens is 1. The number of carboxylic acids is 1. The highest BCUT2D eigenvalue weighted by atomic mass is 19.1. The van der Waals surface area contributed by atoms with Crippen LogP contribution in [-0.4, -0.2) is 49.2 Å². The zero-order valence-corrected chi connectivity index (χ0v) is 11.9. The Bertz CT molecular complexity index is 449. The van der Waals surface area contributed by atoms with E-state index in [0.29, 0.717) is 5.69 Å². The molecular weight excluding hydrogens is 247 g/mol. The van der Waals surface area contributed by atoms with Crippen molar-refractivity contribution in [2.24, 2.45) is 0 Å². The highest BCUT2D eigenvalue weighted by molar-refractivity contribution is 5.88. The van der Waals surface area contributed by atoms with E-state index in [1.807, 2.05) is 21.0 Å². The third-order valence-electron chi connectivity index (χ3n) is 3.02. The molecule has 0 spiro atoms. The van der Waals surface area contributed by atoms with E-state index in [1.165, 1.54) is 12.1 Å². The lowest BCUT2D eigenvalue weighted by atomic mass is 10.1. The van der Waals surface area contributed by atoms with Crippen LogP contribution in [0.2, 0.25) is 0 Å². The second-order valence-electron chi connectivity index (χ2n) is 4.87. The monoisotopic (exact) mass is 268 g/mol. The molecule has 1 atom stereocenters. The maximum atomic E-state index is 13.7. The van der Waals surface area contributed by atoms with Crippen LogP contribution in [0.15, 0.2) is 18.2 Å². The molecule has 0 amide bonds. The molecule has 1 aromatic rings. The molecule has 0 bridgehead atoms. The smallest absolute Gasteiger partial charge is 0.338 e. The van der Waals surface area contributed by atoms with E-state index < -0.39 is 11.8 Å². The number of benzene rings is 1. The molecule has 4 nitrogen and oxygen atoms in total. The van der Waals surface area contributed by atoms with Crippen LogP contribution in [-0.2, 0) is 0 Å². The lowest BCUT2D eigenvalue weighted by Gasteiger charge is -2.32. The lowest BCUT2D eigenvalue weighted by molar-refractivity contribution is 0.0692. The summed E-state index contributed by atoms with van der Waals surface area (Å²) in [5.41, 5.74) is 0.416. The fourth-order valence-electron chi connectivity index (χ4n) is 2.23. The summed E-state index contributed by atoms with van der Waals surface area (Å²) in [6.07, 6.45) is 0. The Morgan fingerprint density at radius 3 is 2.47 bits per heavy atom. The van der Waals surface area contributed by atoms with E-state index in [-0.39, 0.29) is 11.6 Å². The van der Waals surface area contributed by atoms with E-state index >= 15 is 0 Å². The molecule has 0 aliphatic heterocycles. The average molecular weight is 268 g/mol. The van der Waals surface area contributed by atoms with Crippen LogP contribution in [0.1, 0.15) is 24.2 Å². The first-order valence-corrected chi connectivity index (χ1v) is 6.31. The van der Waals surface area contributed by atoms with Gasteiger partial charge in [-0.3, -0.25) is 0 Å². The van der Waals surface area contributed by atoms with Crippen molar-refractivity contribution in [3.8, 4) is 0 Å². The van der Waals surface area contributed by atoms with Gasteiger partial charge in [-0.05, 0) is 46.1 Å². The van der Waals surface area contributed by atoms with Gasteiger partial charge in [0.15, 0.2) is 0 Å². The number of hydrogen-bond donors (Lipinski definition) is 1. The van der Waals surface area contributed by atoms with Gasteiger partial charge in [0.25, 0.3) is 0 Å². The van der Waals surface area contributed by atoms with Crippen molar-refractivity contribution in [3.05, 3.63) is 29.6 Å². The second kappa shape index (κ2) is 6.52. The van der Waals surface area contributed by atoms with Crippen LogP contribution < -0.4 is 4.90 Å². The molecule has 0 aliphatic rings. The quantitative estimate of drug-likeness (QED) is 0.859. The number of hydrogen-bond acceptors (Lipinski definition) is 3. The summed E-state index contributed by atoms with van der Waals surface area (Å²) in [6.45, 7) is 5.64. The van der Waals surface area contributed by atoms with Gasteiger partial charge in [-0.25, -0.2) is 9.18 Å². The third-order valence-corrected chi connectivity index (χ3v) is 3.02. The van der Waals surface area contributed by atoms with Crippen LogP contribution in [0.3, 0.4) is 0 Å². The van der Waals surface area contributed by atoms with E-state index in [9.17, 15) is 9.18 Å². The van der Waals surface area contributed by atoms with E-state index in [4.69, 9.17) is 5.11 Å². The largest absolute Gasteiger partial charge is 0.478 e. The van der Waals surface area contributed by atoms with Gasteiger partial charge >= 0.3 is 5.97 Å². The summed E-state index contributed by atoms with van der Waals surface area (Å²) in [4.78, 5) is 14.9. The molecule has 1 N–H and O–H groups in total. The first-order chi connectivity index (χ1) is 8.86. The van der Waals surface area contributed by atoms with Crippen LogP contribution in [0.5, 0.6) is 0 Å². The third kappa shape index (κ3) is 3.92. The van der Waals surface area contributed by atoms with Crippen LogP contribution >= 0.6 is 0 Å².